The Morgan fingerprint density at radius 2 is 1.24 bits per heavy atom. The molecule has 0 N–H and O–H groups in total. The van der Waals surface area contributed by atoms with Crippen molar-refractivity contribution in [3.63, 3.8) is 0 Å². The molecule has 0 aliphatic heterocycles. The van der Waals surface area contributed by atoms with Gasteiger partial charge in [-0.05, 0) is 6.92 Å². The van der Waals surface area contributed by atoms with Crippen molar-refractivity contribution in [3.05, 3.63) is 48.0 Å². The summed E-state index contributed by atoms with van der Waals surface area (Å²) in [6, 6.07) is 1.39. The molecule has 0 unspecified atom stereocenters. The number of hydrogen-bond acceptors (Lipinski definition) is 6. The molecule has 0 amide bonds. The van der Waals surface area contributed by atoms with E-state index < -0.39 is 31.8 Å². The Bertz CT molecular complexity index is 467. The second-order valence-electron chi connectivity index (χ2n) is 2.88. The van der Waals surface area contributed by atoms with Gasteiger partial charge in [0.2, 0.25) is 0 Å². The number of benzene rings is 1. The van der Waals surface area contributed by atoms with E-state index in [0.29, 0.717) is 12.1 Å². The van der Waals surface area contributed by atoms with Crippen molar-refractivity contribution in [2.45, 2.75) is 6.92 Å². The number of rotatable bonds is 3. The molecule has 0 bridgehead atoms. The van der Waals surface area contributed by atoms with E-state index in [2.05, 4.69) is 0 Å². The summed E-state index contributed by atoms with van der Waals surface area (Å²) in [5, 5.41) is 31.5. The molecule has 0 fully saturated rings. The second-order valence-corrected chi connectivity index (χ2v) is 2.88. The smallest absolute Gasteiger partial charge is 0.258 e. The Morgan fingerprint density at radius 1 is 0.882 bits per heavy atom. The van der Waals surface area contributed by atoms with E-state index in [-0.39, 0.29) is 22.9 Å². The predicted molar refractivity (Wildman–Crippen MR) is 56.9 cm³/mol. The first-order valence-corrected chi connectivity index (χ1v) is 3.92. The van der Waals surface area contributed by atoms with E-state index in [4.69, 9.17) is 0 Å². The Kier molecular flexibility index (Phi) is 4.69. The van der Waals surface area contributed by atoms with Crippen molar-refractivity contribution < 1.29 is 14.8 Å². The summed E-state index contributed by atoms with van der Waals surface area (Å²) in [6.07, 6.45) is 0. The van der Waals surface area contributed by atoms with Crippen LogP contribution in [-0.2, 0) is 0 Å². The normalized spacial score (nSPS) is 9.24. The zero-order chi connectivity index (χ0) is 12.5. The van der Waals surface area contributed by atoms with Crippen molar-refractivity contribution in [2.24, 2.45) is 0 Å². The molecule has 1 aromatic rings. The van der Waals surface area contributed by atoms with Crippen LogP contribution in [0.5, 0.6) is 0 Å². The van der Waals surface area contributed by atoms with Gasteiger partial charge in [0.05, 0.1) is 26.9 Å². The molecule has 0 atom stereocenters. The van der Waals surface area contributed by atoms with Crippen LogP contribution in [0.2, 0.25) is 0 Å². The van der Waals surface area contributed by atoms with E-state index in [1.54, 1.807) is 0 Å². The van der Waals surface area contributed by atoms with Gasteiger partial charge in [-0.15, -0.1) is 0 Å². The van der Waals surface area contributed by atoms with Crippen LogP contribution in [-0.4, -0.2) is 32.1 Å². The fourth-order valence-electron chi connectivity index (χ4n) is 1.15. The summed E-state index contributed by atoms with van der Waals surface area (Å²) in [7, 11) is 0. The third-order valence-corrected chi connectivity index (χ3v) is 1.94. The average Bonchev–Trinajstić information content (AvgIpc) is 2.16. The summed E-state index contributed by atoms with van der Waals surface area (Å²) in [6.45, 7) is 1.17. The topological polar surface area (TPSA) is 129 Å². The van der Waals surface area contributed by atoms with Gasteiger partial charge in [-0.3, -0.25) is 30.3 Å². The molecule has 1 rings (SSSR count). The largest absolute Gasteiger partial charge is 3.00 e. The third-order valence-electron chi connectivity index (χ3n) is 1.94. The molecular formula is C7H5AlN3O6+3. The van der Waals surface area contributed by atoms with Crippen molar-refractivity contribution in [1.82, 2.24) is 0 Å². The Labute approximate surface area is 105 Å². The number of nitrogens with zero attached hydrogens (tertiary/aromatic N) is 3. The fourth-order valence-corrected chi connectivity index (χ4v) is 1.15. The van der Waals surface area contributed by atoms with E-state index in [1.807, 2.05) is 0 Å². The van der Waals surface area contributed by atoms with Gasteiger partial charge in [0, 0.05) is 0 Å². The summed E-state index contributed by atoms with van der Waals surface area (Å²) in [5.74, 6) is 0. The van der Waals surface area contributed by atoms with Gasteiger partial charge in [-0.2, -0.15) is 0 Å². The van der Waals surface area contributed by atoms with E-state index in [9.17, 15) is 30.3 Å². The van der Waals surface area contributed by atoms with Gasteiger partial charge in [-0.1, -0.05) is 0 Å². The summed E-state index contributed by atoms with van der Waals surface area (Å²) in [4.78, 5) is 28.8. The Balaban J connectivity index is 0.00000256. The molecule has 84 valence electrons. The van der Waals surface area contributed by atoms with Gasteiger partial charge >= 0.3 is 17.4 Å². The van der Waals surface area contributed by atoms with Gasteiger partial charge in [0.15, 0.2) is 0 Å². The SMILES string of the molecule is Cc1c([N+](=O)[O-])cc([N+](=O)[O-])cc1[N+](=O)[O-].[Al+3]. The molecule has 10 heteroatoms. The molecule has 17 heavy (non-hydrogen) atoms. The molecule has 1 aromatic carbocycles. The molecule has 0 saturated carbocycles. The Hall–Kier alpha value is -2.05. The number of hydrogen-bond donors (Lipinski definition) is 0. The van der Waals surface area contributed by atoms with Crippen LogP contribution < -0.4 is 0 Å². The van der Waals surface area contributed by atoms with Crippen LogP contribution in [0.15, 0.2) is 12.1 Å². The van der Waals surface area contributed by atoms with Crippen LogP contribution in [0.3, 0.4) is 0 Å². The standard InChI is InChI=1S/C7H5N3O6.Al/c1-4-6(9(13)14)2-5(8(11)12)3-7(4)10(15)16;/h2-3H,1H3;/q;+3. The van der Waals surface area contributed by atoms with Crippen molar-refractivity contribution >= 4 is 34.4 Å². The molecule has 0 spiro atoms. The quantitative estimate of drug-likeness (QED) is 0.454. The maximum absolute atomic E-state index is 10.5. The molecule has 0 aliphatic rings. The maximum atomic E-state index is 10.5. The number of nitro groups is 3. The van der Waals surface area contributed by atoms with Crippen LogP contribution in [0.1, 0.15) is 5.56 Å². The molecule has 0 saturated heterocycles. The number of nitro benzene ring substituents is 3. The van der Waals surface area contributed by atoms with Crippen molar-refractivity contribution in [2.75, 3.05) is 0 Å². The first-order valence-electron chi connectivity index (χ1n) is 3.92. The van der Waals surface area contributed by atoms with Gasteiger partial charge in [0.25, 0.3) is 17.1 Å². The van der Waals surface area contributed by atoms with E-state index in [0.717, 1.165) is 0 Å². The van der Waals surface area contributed by atoms with Crippen LogP contribution in [0.25, 0.3) is 0 Å². The zero-order valence-electron chi connectivity index (χ0n) is 8.52. The van der Waals surface area contributed by atoms with Crippen LogP contribution in [0, 0.1) is 37.3 Å². The van der Waals surface area contributed by atoms with Gasteiger partial charge < -0.3 is 0 Å². The molecule has 0 aromatic heterocycles. The summed E-state index contributed by atoms with van der Waals surface area (Å²) < 4.78 is 0. The first-order chi connectivity index (χ1) is 7.34. The summed E-state index contributed by atoms with van der Waals surface area (Å²) >= 11 is 0. The van der Waals surface area contributed by atoms with Gasteiger partial charge in [-0.25, -0.2) is 0 Å². The van der Waals surface area contributed by atoms with Crippen LogP contribution in [0.4, 0.5) is 17.1 Å². The molecule has 0 radical (unpaired) electrons. The molecule has 9 nitrogen and oxygen atoms in total. The zero-order valence-corrected chi connectivity index (χ0v) is 9.68. The fraction of sp³-hybridized carbons (Fsp3) is 0.143. The monoisotopic (exact) mass is 254 g/mol. The molecule has 0 heterocycles. The van der Waals surface area contributed by atoms with Crippen molar-refractivity contribution in [1.29, 1.82) is 0 Å². The minimum absolute atomic E-state index is 0. The average molecular weight is 254 g/mol. The maximum Gasteiger partial charge on any atom is 3.00 e. The second kappa shape index (κ2) is 5.33. The van der Waals surface area contributed by atoms with E-state index in [1.165, 1.54) is 6.92 Å². The van der Waals surface area contributed by atoms with Crippen LogP contribution >= 0.6 is 0 Å². The Morgan fingerprint density at radius 3 is 1.47 bits per heavy atom. The summed E-state index contributed by atoms with van der Waals surface area (Å²) in [5.41, 5.74) is -2.16. The third kappa shape index (κ3) is 2.96. The predicted octanol–water partition coefficient (Wildman–Crippen LogP) is 1.34. The molecular weight excluding hydrogens is 249 g/mol. The van der Waals surface area contributed by atoms with Crippen molar-refractivity contribution in [3.8, 4) is 0 Å². The van der Waals surface area contributed by atoms with E-state index >= 15 is 0 Å². The minimum Gasteiger partial charge on any atom is -0.258 e. The molecule has 0 aliphatic carbocycles. The van der Waals surface area contributed by atoms with Gasteiger partial charge in [0.1, 0.15) is 5.56 Å². The number of non-ortho nitro benzene ring substituents is 1. The first kappa shape index (κ1) is 15.0. The minimum atomic E-state index is -0.917.